The molecule has 6 nitrogen and oxygen atoms in total. The molecule has 1 fully saturated rings. The van der Waals surface area contributed by atoms with E-state index < -0.39 is 11.5 Å². The number of aliphatic carboxylic acids is 1. The van der Waals surface area contributed by atoms with E-state index in [2.05, 4.69) is 16.0 Å². The van der Waals surface area contributed by atoms with Gasteiger partial charge in [0.1, 0.15) is 5.54 Å². The number of hydrogen-bond acceptors (Lipinski definition) is 3. The van der Waals surface area contributed by atoms with Gasteiger partial charge in [0.2, 0.25) is 0 Å². The van der Waals surface area contributed by atoms with Gasteiger partial charge in [0.15, 0.2) is 0 Å². The van der Waals surface area contributed by atoms with Crippen LogP contribution in [0.15, 0.2) is 0 Å². The van der Waals surface area contributed by atoms with Gasteiger partial charge in [-0.15, -0.1) is 0 Å². The van der Waals surface area contributed by atoms with Gasteiger partial charge in [0, 0.05) is 6.04 Å². The number of piperidine rings is 1. The Balaban J connectivity index is 2.48. The fourth-order valence-corrected chi connectivity index (χ4v) is 2.16. The average molecular weight is 257 g/mol. The van der Waals surface area contributed by atoms with Gasteiger partial charge >= 0.3 is 12.0 Å². The fraction of sp³-hybridized carbons (Fsp3) is 0.833. The number of carbonyl (C=O) groups excluding carboxylic acids is 1. The normalized spacial score (nSPS) is 19.9. The lowest BCUT2D eigenvalue weighted by atomic mass is 9.96. The second-order valence-corrected chi connectivity index (χ2v) is 5.01. The first-order valence-corrected chi connectivity index (χ1v) is 6.50. The maximum atomic E-state index is 11.8. The first kappa shape index (κ1) is 14.8. The number of carbonyl (C=O) groups is 2. The van der Waals surface area contributed by atoms with Gasteiger partial charge in [-0.25, -0.2) is 9.59 Å². The third-order valence-corrected chi connectivity index (χ3v) is 3.29. The number of nitrogens with one attached hydrogen (secondary N) is 3. The molecule has 104 valence electrons. The zero-order valence-corrected chi connectivity index (χ0v) is 11.1. The number of amides is 2. The van der Waals surface area contributed by atoms with Crippen LogP contribution >= 0.6 is 0 Å². The monoisotopic (exact) mass is 257 g/mol. The van der Waals surface area contributed by atoms with Crippen LogP contribution in [0.3, 0.4) is 0 Å². The highest BCUT2D eigenvalue weighted by molar-refractivity contribution is 5.85. The quantitative estimate of drug-likeness (QED) is 0.583. The van der Waals surface area contributed by atoms with E-state index in [9.17, 15) is 9.59 Å². The lowest BCUT2D eigenvalue weighted by Crippen LogP contribution is -2.57. The number of rotatable bonds is 5. The van der Waals surface area contributed by atoms with Crippen molar-refractivity contribution in [2.24, 2.45) is 0 Å². The third-order valence-electron chi connectivity index (χ3n) is 3.29. The van der Waals surface area contributed by atoms with Crippen molar-refractivity contribution in [2.75, 3.05) is 13.1 Å². The van der Waals surface area contributed by atoms with Gasteiger partial charge in [-0.2, -0.15) is 0 Å². The Labute approximate surface area is 108 Å². The Morgan fingerprint density at radius 3 is 2.50 bits per heavy atom. The van der Waals surface area contributed by atoms with E-state index in [-0.39, 0.29) is 12.1 Å². The average Bonchev–Trinajstić information content (AvgIpc) is 2.30. The minimum absolute atomic E-state index is 0.130. The standard InChI is InChI=1S/C12H23N3O3/c1-3-6-12(2,10(16)17)15-11(18)14-9-4-7-13-8-5-9/h9,13H,3-8H2,1-2H3,(H,16,17)(H2,14,15,18). The molecule has 1 aliphatic heterocycles. The van der Waals surface area contributed by atoms with E-state index in [4.69, 9.17) is 5.11 Å². The molecule has 0 radical (unpaired) electrons. The summed E-state index contributed by atoms with van der Waals surface area (Å²) in [6, 6.07) is -0.258. The highest BCUT2D eigenvalue weighted by atomic mass is 16.4. The van der Waals surface area contributed by atoms with E-state index in [1.54, 1.807) is 6.92 Å². The van der Waals surface area contributed by atoms with Crippen LogP contribution in [0.25, 0.3) is 0 Å². The Kier molecular flexibility index (Phi) is 5.40. The van der Waals surface area contributed by atoms with E-state index in [1.165, 1.54) is 0 Å². The molecule has 0 bridgehead atoms. The molecular weight excluding hydrogens is 234 g/mol. The van der Waals surface area contributed by atoms with E-state index in [0.717, 1.165) is 25.9 Å². The molecule has 1 aliphatic rings. The Bertz CT molecular complexity index is 303. The van der Waals surface area contributed by atoms with E-state index >= 15 is 0 Å². The number of carboxylic acid groups (broad SMARTS) is 1. The van der Waals surface area contributed by atoms with Crippen LogP contribution in [0.4, 0.5) is 4.79 Å². The Hall–Kier alpha value is -1.30. The maximum absolute atomic E-state index is 11.8. The summed E-state index contributed by atoms with van der Waals surface area (Å²) in [6.07, 6.45) is 2.88. The van der Waals surface area contributed by atoms with Crippen LogP contribution in [0.5, 0.6) is 0 Å². The molecule has 0 spiro atoms. The summed E-state index contributed by atoms with van der Waals surface area (Å²) in [7, 11) is 0. The van der Waals surface area contributed by atoms with Gasteiger partial charge in [0.05, 0.1) is 0 Å². The number of hydrogen-bond donors (Lipinski definition) is 4. The smallest absolute Gasteiger partial charge is 0.329 e. The van der Waals surface area contributed by atoms with Crippen molar-refractivity contribution >= 4 is 12.0 Å². The van der Waals surface area contributed by atoms with Crippen LogP contribution in [0.1, 0.15) is 39.5 Å². The van der Waals surface area contributed by atoms with E-state index in [0.29, 0.717) is 12.8 Å². The summed E-state index contributed by atoms with van der Waals surface area (Å²) < 4.78 is 0. The number of urea groups is 1. The zero-order valence-electron chi connectivity index (χ0n) is 11.1. The SMILES string of the molecule is CCCC(C)(NC(=O)NC1CCNCC1)C(=O)O. The largest absolute Gasteiger partial charge is 0.480 e. The van der Waals surface area contributed by atoms with Crippen LogP contribution in [0, 0.1) is 0 Å². The van der Waals surface area contributed by atoms with Crippen LogP contribution in [-0.4, -0.2) is 41.8 Å². The Morgan fingerprint density at radius 1 is 1.39 bits per heavy atom. The summed E-state index contributed by atoms with van der Waals surface area (Å²) in [5.41, 5.74) is -1.19. The Morgan fingerprint density at radius 2 is 2.00 bits per heavy atom. The predicted octanol–water partition coefficient (Wildman–Crippen LogP) is 0.681. The fourth-order valence-electron chi connectivity index (χ4n) is 2.16. The van der Waals surface area contributed by atoms with Gasteiger partial charge < -0.3 is 21.1 Å². The molecule has 0 aromatic heterocycles. The molecule has 0 aromatic rings. The second-order valence-electron chi connectivity index (χ2n) is 5.01. The molecule has 0 aliphatic carbocycles. The zero-order chi connectivity index (χ0) is 13.6. The number of carboxylic acids is 1. The van der Waals surface area contributed by atoms with E-state index in [1.807, 2.05) is 6.92 Å². The first-order valence-electron chi connectivity index (χ1n) is 6.50. The molecule has 0 saturated carbocycles. The lowest BCUT2D eigenvalue weighted by Gasteiger charge is -2.29. The summed E-state index contributed by atoms with van der Waals surface area (Å²) in [6.45, 7) is 5.21. The van der Waals surface area contributed by atoms with Crippen molar-refractivity contribution in [3.05, 3.63) is 0 Å². The van der Waals surface area contributed by atoms with Crippen molar-refractivity contribution in [1.82, 2.24) is 16.0 Å². The summed E-state index contributed by atoms with van der Waals surface area (Å²) in [4.78, 5) is 23.0. The molecule has 0 aromatic carbocycles. The molecule has 2 amide bonds. The van der Waals surface area contributed by atoms with Gasteiger partial charge in [-0.1, -0.05) is 13.3 Å². The molecule has 1 rings (SSSR count). The van der Waals surface area contributed by atoms with Gasteiger partial charge in [-0.3, -0.25) is 0 Å². The van der Waals surface area contributed by atoms with Crippen molar-refractivity contribution in [3.8, 4) is 0 Å². The minimum Gasteiger partial charge on any atom is -0.480 e. The molecule has 1 saturated heterocycles. The van der Waals surface area contributed by atoms with Crippen LogP contribution < -0.4 is 16.0 Å². The summed E-state index contributed by atoms with van der Waals surface area (Å²) in [5.74, 6) is -0.996. The molecule has 18 heavy (non-hydrogen) atoms. The summed E-state index contributed by atoms with van der Waals surface area (Å²) >= 11 is 0. The lowest BCUT2D eigenvalue weighted by molar-refractivity contribution is -0.144. The minimum atomic E-state index is -1.19. The molecule has 1 unspecified atom stereocenters. The molecule has 1 atom stereocenters. The molecular formula is C12H23N3O3. The molecule has 4 N–H and O–H groups in total. The summed E-state index contributed by atoms with van der Waals surface area (Å²) in [5, 5.41) is 17.8. The van der Waals surface area contributed by atoms with Crippen LogP contribution in [0.2, 0.25) is 0 Å². The maximum Gasteiger partial charge on any atom is 0.329 e. The van der Waals surface area contributed by atoms with Crippen molar-refractivity contribution in [3.63, 3.8) is 0 Å². The predicted molar refractivity (Wildman–Crippen MR) is 68.5 cm³/mol. The van der Waals surface area contributed by atoms with Crippen LogP contribution in [-0.2, 0) is 4.79 Å². The molecule has 1 heterocycles. The third kappa shape index (κ3) is 4.18. The highest BCUT2D eigenvalue weighted by Crippen LogP contribution is 2.12. The van der Waals surface area contributed by atoms with Crippen molar-refractivity contribution in [2.45, 2.75) is 51.1 Å². The highest BCUT2D eigenvalue weighted by Gasteiger charge is 2.34. The first-order chi connectivity index (χ1) is 8.48. The van der Waals surface area contributed by atoms with Crippen molar-refractivity contribution < 1.29 is 14.7 Å². The second kappa shape index (κ2) is 6.58. The van der Waals surface area contributed by atoms with Gasteiger partial charge in [0.25, 0.3) is 0 Å². The van der Waals surface area contributed by atoms with Crippen molar-refractivity contribution in [1.29, 1.82) is 0 Å². The van der Waals surface area contributed by atoms with Gasteiger partial charge in [-0.05, 0) is 39.3 Å². The molecule has 6 heteroatoms. The topological polar surface area (TPSA) is 90.5 Å².